The van der Waals surface area contributed by atoms with E-state index in [1.165, 1.54) is 11.3 Å². The van der Waals surface area contributed by atoms with Crippen molar-refractivity contribution in [3.05, 3.63) is 58.0 Å². The number of carbonyl (C=O) groups is 1. The number of amides is 1. The second-order valence-electron chi connectivity index (χ2n) is 5.34. The summed E-state index contributed by atoms with van der Waals surface area (Å²) in [5, 5.41) is 9.81. The summed E-state index contributed by atoms with van der Waals surface area (Å²) in [6.07, 6.45) is 5.40. The molecule has 0 saturated carbocycles. The van der Waals surface area contributed by atoms with Crippen LogP contribution in [0.25, 0.3) is 10.2 Å². The number of thiazole rings is 1. The molecule has 1 atom stereocenters. The highest BCUT2D eigenvalue weighted by Crippen LogP contribution is 2.47. The predicted molar refractivity (Wildman–Crippen MR) is 109 cm³/mol. The Labute approximate surface area is 161 Å². The van der Waals surface area contributed by atoms with Crippen LogP contribution in [-0.4, -0.2) is 27.9 Å². The topological polar surface area (TPSA) is 79.8 Å². The van der Waals surface area contributed by atoms with Gasteiger partial charge >= 0.3 is 0 Å². The summed E-state index contributed by atoms with van der Waals surface area (Å²) in [5.74, 6) is 0.365. The van der Waals surface area contributed by atoms with E-state index >= 15 is 0 Å². The molecule has 3 heterocycles. The summed E-state index contributed by atoms with van der Waals surface area (Å²) >= 11 is 7.41. The molecule has 2 N–H and O–H groups in total. The van der Waals surface area contributed by atoms with Gasteiger partial charge in [0.15, 0.2) is 5.13 Å². The lowest BCUT2D eigenvalue weighted by Crippen LogP contribution is -2.13. The number of rotatable bonds is 4. The van der Waals surface area contributed by atoms with Gasteiger partial charge in [0.25, 0.3) is 5.91 Å². The highest BCUT2D eigenvalue weighted by Gasteiger charge is 2.22. The summed E-state index contributed by atoms with van der Waals surface area (Å²) in [4.78, 5) is 26.5. The average molecular weight is 404 g/mol. The van der Waals surface area contributed by atoms with Crippen LogP contribution >= 0.6 is 33.8 Å². The Bertz CT molecular complexity index is 1060. The Morgan fingerprint density at radius 3 is 3.00 bits per heavy atom. The molecule has 0 fully saturated rings. The van der Waals surface area contributed by atoms with Crippen molar-refractivity contribution in [1.29, 1.82) is 0 Å². The Hall–Kier alpha value is -2.42. The highest BCUT2D eigenvalue weighted by molar-refractivity contribution is 8.23. The number of nitrogens with zero attached hydrogens (tertiary/aromatic N) is 3. The number of aromatic nitrogens is 3. The molecule has 0 radical (unpaired) electrons. The summed E-state index contributed by atoms with van der Waals surface area (Å²) in [5.41, 5.74) is 0.771. The lowest BCUT2D eigenvalue weighted by molar-refractivity contribution is -0.112. The van der Waals surface area contributed by atoms with Crippen molar-refractivity contribution in [2.45, 2.75) is 5.03 Å². The average Bonchev–Trinajstić information content (AvgIpc) is 3.27. The molecule has 6 nitrogen and oxygen atoms in total. The Morgan fingerprint density at radius 1 is 1.27 bits per heavy atom. The Morgan fingerprint density at radius 2 is 2.15 bits per heavy atom. The molecule has 2 aromatic heterocycles. The van der Waals surface area contributed by atoms with Crippen LogP contribution in [0.2, 0.25) is 5.02 Å². The van der Waals surface area contributed by atoms with Crippen molar-refractivity contribution < 1.29 is 4.79 Å². The first-order valence-electron chi connectivity index (χ1n) is 7.70. The first-order valence-corrected chi connectivity index (χ1v) is 10.3. The maximum absolute atomic E-state index is 12.8. The summed E-state index contributed by atoms with van der Waals surface area (Å²) in [7, 11) is 0.807. The third-order valence-electron chi connectivity index (χ3n) is 3.66. The van der Waals surface area contributed by atoms with Gasteiger partial charge in [-0.05, 0) is 35.7 Å². The SMILES string of the molecule is CNc1nccc([SH]2C=CC=C2C(=O)Nc2nc3cc(Cl)ccc3s2)n1. The van der Waals surface area contributed by atoms with Gasteiger partial charge in [0.05, 0.1) is 20.1 Å². The number of nitrogens with one attached hydrogen (secondary N) is 2. The summed E-state index contributed by atoms with van der Waals surface area (Å²) in [6.45, 7) is 0. The van der Waals surface area contributed by atoms with Crippen molar-refractivity contribution in [3.8, 4) is 0 Å². The molecule has 9 heteroatoms. The van der Waals surface area contributed by atoms with Crippen molar-refractivity contribution in [3.63, 3.8) is 0 Å². The fourth-order valence-corrected chi connectivity index (χ4v) is 5.26. The second-order valence-corrected chi connectivity index (χ2v) is 8.78. The normalized spacial score (nSPS) is 17.3. The summed E-state index contributed by atoms with van der Waals surface area (Å²) in [6, 6.07) is 7.33. The number of thiol groups is 1. The van der Waals surface area contributed by atoms with Crippen molar-refractivity contribution in [1.82, 2.24) is 15.0 Å². The maximum atomic E-state index is 12.8. The van der Waals surface area contributed by atoms with Crippen molar-refractivity contribution >= 4 is 61.0 Å². The molecule has 3 aromatic rings. The Kier molecular flexibility index (Phi) is 4.62. The predicted octanol–water partition coefficient (Wildman–Crippen LogP) is 4.19. The van der Waals surface area contributed by atoms with E-state index in [2.05, 4.69) is 25.6 Å². The number of halogens is 1. The number of benzene rings is 1. The van der Waals surface area contributed by atoms with Gasteiger partial charge in [0, 0.05) is 18.3 Å². The van der Waals surface area contributed by atoms with Crippen LogP contribution in [0.5, 0.6) is 0 Å². The van der Waals surface area contributed by atoms with Crippen LogP contribution in [-0.2, 0) is 4.79 Å². The fourth-order valence-electron chi connectivity index (χ4n) is 2.48. The van der Waals surface area contributed by atoms with E-state index in [9.17, 15) is 4.79 Å². The van der Waals surface area contributed by atoms with Gasteiger partial charge in [0.2, 0.25) is 5.95 Å². The minimum absolute atomic E-state index is 0.170. The van der Waals surface area contributed by atoms with E-state index in [1.54, 1.807) is 19.3 Å². The molecular formula is C17H14ClN5OS2. The zero-order valence-corrected chi connectivity index (χ0v) is 16.1. The second kappa shape index (κ2) is 7.06. The van der Waals surface area contributed by atoms with E-state index in [-0.39, 0.29) is 5.91 Å². The molecule has 26 heavy (non-hydrogen) atoms. The molecule has 1 unspecified atom stereocenters. The van der Waals surface area contributed by atoms with Gasteiger partial charge in [-0.3, -0.25) is 10.1 Å². The van der Waals surface area contributed by atoms with Gasteiger partial charge in [-0.25, -0.2) is 15.0 Å². The molecule has 4 rings (SSSR count). The van der Waals surface area contributed by atoms with E-state index in [4.69, 9.17) is 11.6 Å². The van der Waals surface area contributed by atoms with Crippen LogP contribution in [0, 0.1) is 0 Å². The van der Waals surface area contributed by atoms with E-state index < -0.39 is 10.9 Å². The van der Waals surface area contributed by atoms with E-state index in [0.717, 1.165) is 15.2 Å². The minimum Gasteiger partial charge on any atom is -0.357 e. The molecule has 1 aliphatic heterocycles. The lowest BCUT2D eigenvalue weighted by atomic mass is 10.3. The van der Waals surface area contributed by atoms with Crippen LogP contribution in [0.15, 0.2) is 58.0 Å². The molecular weight excluding hydrogens is 390 g/mol. The van der Waals surface area contributed by atoms with Gasteiger partial charge < -0.3 is 5.32 Å². The summed E-state index contributed by atoms with van der Waals surface area (Å²) < 4.78 is 0.972. The monoisotopic (exact) mass is 403 g/mol. The van der Waals surface area contributed by atoms with Crippen LogP contribution < -0.4 is 10.6 Å². The first-order chi connectivity index (χ1) is 12.6. The number of hydrogen-bond donors (Lipinski definition) is 3. The third-order valence-corrected chi connectivity index (χ3v) is 6.93. The number of anilines is 2. The molecule has 0 saturated heterocycles. The van der Waals surface area contributed by atoms with Gasteiger partial charge in [0.1, 0.15) is 0 Å². The lowest BCUT2D eigenvalue weighted by Gasteiger charge is -2.16. The van der Waals surface area contributed by atoms with Crippen LogP contribution in [0.1, 0.15) is 0 Å². The molecule has 1 amide bonds. The number of hydrogen-bond acceptors (Lipinski definition) is 6. The minimum atomic E-state index is -0.957. The highest BCUT2D eigenvalue weighted by atomic mass is 35.5. The van der Waals surface area contributed by atoms with E-state index in [1.807, 2.05) is 35.8 Å². The van der Waals surface area contributed by atoms with Crippen LogP contribution in [0.3, 0.4) is 0 Å². The maximum Gasteiger partial charge on any atom is 0.262 e. The molecule has 0 bridgehead atoms. The number of carbonyl (C=O) groups excluding carboxylic acids is 1. The van der Waals surface area contributed by atoms with Crippen LogP contribution in [0.4, 0.5) is 11.1 Å². The zero-order valence-electron chi connectivity index (χ0n) is 13.6. The molecule has 0 spiro atoms. The van der Waals surface area contributed by atoms with Gasteiger partial charge in [-0.15, -0.1) is 0 Å². The van der Waals surface area contributed by atoms with E-state index in [0.29, 0.717) is 21.0 Å². The van der Waals surface area contributed by atoms with Gasteiger partial charge in [-0.1, -0.05) is 29.0 Å². The fraction of sp³-hybridized carbons (Fsp3) is 0.0588. The molecule has 132 valence electrons. The number of fused-ring (bicyclic) bond motifs is 1. The first kappa shape index (κ1) is 17.0. The molecule has 0 aliphatic carbocycles. The van der Waals surface area contributed by atoms with Crippen molar-refractivity contribution in [2.75, 3.05) is 17.7 Å². The molecule has 1 aromatic carbocycles. The van der Waals surface area contributed by atoms with Crippen molar-refractivity contribution in [2.24, 2.45) is 0 Å². The smallest absolute Gasteiger partial charge is 0.262 e. The third kappa shape index (κ3) is 3.31. The zero-order chi connectivity index (χ0) is 18.1. The van der Waals surface area contributed by atoms with Gasteiger partial charge in [-0.2, -0.15) is 10.9 Å². The Balaban J connectivity index is 1.56. The standard InChI is InChI=1S/C17H14ClN5OS2/c1-19-16-20-7-6-14(22-16)26-8-2-3-13(26)15(24)23-17-21-11-9-10(18)4-5-12(11)25-17/h2-9,26H,1H3,(H,19,20,22)(H,21,23,24). The molecule has 1 aliphatic rings. The number of allylic oxidation sites excluding steroid dienone is 2. The largest absolute Gasteiger partial charge is 0.357 e. The quantitative estimate of drug-likeness (QED) is 0.449.